The van der Waals surface area contributed by atoms with Gasteiger partial charge in [-0.05, 0) is 25.5 Å². The van der Waals surface area contributed by atoms with Crippen LogP contribution in [0, 0.1) is 5.41 Å². The Bertz CT molecular complexity index is 460. The molecule has 1 aromatic heterocycles. The van der Waals surface area contributed by atoms with Gasteiger partial charge in [-0.2, -0.15) is 0 Å². The fraction of sp³-hybridized carbons (Fsp3) is 0.625. The first-order valence-electron chi connectivity index (χ1n) is 7.31. The maximum absolute atomic E-state index is 12.1. The average Bonchev–Trinajstić information content (AvgIpc) is 2.94. The Kier molecular flexibility index (Phi) is 6.00. The molecule has 0 saturated carbocycles. The van der Waals surface area contributed by atoms with E-state index < -0.39 is 5.41 Å². The van der Waals surface area contributed by atoms with E-state index in [2.05, 4.69) is 5.32 Å². The molecule has 5 nitrogen and oxygen atoms in total. The van der Waals surface area contributed by atoms with E-state index in [1.807, 2.05) is 39.8 Å². The first-order chi connectivity index (χ1) is 9.73. The second-order valence-electron chi connectivity index (χ2n) is 6.31. The quantitative estimate of drug-likeness (QED) is 0.821. The summed E-state index contributed by atoms with van der Waals surface area (Å²) in [6.45, 7) is 8.05. The Hall–Kier alpha value is -1.78. The number of furan rings is 1. The molecule has 0 saturated heterocycles. The first-order valence-corrected chi connectivity index (χ1v) is 7.31. The maximum atomic E-state index is 12.1. The molecule has 0 aromatic carbocycles. The molecular formula is C16H26N2O3. The summed E-state index contributed by atoms with van der Waals surface area (Å²) in [6.07, 6.45) is 2.65. The van der Waals surface area contributed by atoms with Crippen molar-refractivity contribution < 1.29 is 14.0 Å². The van der Waals surface area contributed by atoms with Crippen molar-refractivity contribution in [1.82, 2.24) is 10.2 Å². The van der Waals surface area contributed by atoms with Crippen LogP contribution in [-0.2, 0) is 9.59 Å². The molecular weight excluding hydrogens is 268 g/mol. The van der Waals surface area contributed by atoms with E-state index in [0.29, 0.717) is 19.4 Å². The number of nitrogens with zero attached hydrogens (tertiary/aromatic N) is 1. The highest BCUT2D eigenvalue weighted by atomic mass is 16.3. The molecule has 5 heteroatoms. The van der Waals surface area contributed by atoms with Gasteiger partial charge in [-0.1, -0.05) is 20.8 Å². The van der Waals surface area contributed by atoms with Gasteiger partial charge in [-0.25, -0.2) is 0 Å². The van der Waals surface area contributed by atoms with Crippen LogP contribution < -0.4 is 5.32 Å². The molecule has 2 amide bonds. The number of nitrogens with one attached hydrogen (secondary N) is 1. The molecule has 118 valence electrons. The van der Waals surface area contributed by atoms with E-state index in [9.17, 15) is 9.59 Å². The van der Waals surface area contributed by atoms with Gasteiger partial charge in [0.05, 0.1) is 12.3 Å². The molecule has 0 fully saturated rings. The second-order valence-corrected chi connectivity index (χ2v) is 6.31. The summed E-state index contributed by atoms with van der Waals surface area (Å²) in [5, 5.41) is 2.85. The number of amides is 2. The molecule has 1 rings (SSSR count). The molecule has 1 unspecified atom stereocenters. The van der Waals surface area contributed by atoms with Gasteiger partial charge in [0.15, 0.2) is 0 Å². The van der Waals surface area contributed by atoms with E-state index in [1.54, 1.807) is 18.2 Å². The Morgan fingerprint density at radius 3 is 2.57 bits per heavy atom. The van der Waals surface area contributed by atoms with E-state index in [4.69, 9.17) is 4.42 Å². The van der Waals surface area contributed by atoms with Crippen LogP contribution in [0.2, 0.25) is 0 Å². The van der Waals surface area contributed by atoms with Gasteiger partial charge in [0.2, 0.25) is 11.8 Å². The number of hydrogen-bond acceptors (Lipinski definition) is 3. The SMILES string of the molecule is CC(c1ccco1)N(C)C(=O)CCCNC(=O)C(C)(C)C. The fourth-order valence-corrected chi connectivity index (χ4v) is 1.82. The van der Waals surface area contributed by atoms with Crippen LogP contribution in [0.1, 0.15) is 52.3 Å². The monoisotopic (exact) mass is 294 g/mol. The van der Waals surface area contributed by atoms with Gasteiger partial charge in [0.25, 0.3) is 0 Å². The Balaban J connectivity index is 2.32. The van der Waals surface area contributed by atoms with Gasteiger partial charge in [0, 0.05) is 25.4 Å². The van der Waals surface area contributed by atoms with E-state index in [0.717, 1.165) is 5.76 Å². The average molecular weight is 294 g/mol. The van der Waals surface area contributed by atoms with Gasteiger partial charge in [0.1, 0.15) is 5.76 Å². The Labute approximate surface area is 126 Å². The lowest BCUT2D eigenvalue weighted by atomic mass is 9.96. The number of hydrogen-bond donors (Lipinski definition) is 1. The highest BCUT2D eigenvalue weighted by Gasteiger charge is 2.21. The molecule has 0 aliphatic rings. The maximum Gasteiger partial charge on any atom is 0.225 e. The lowest BCUT2D eigenvalue weighted by Crippen LogP contribution is -2.36. The van der Waals surface area contributed by atoms with Crippen molar-refractivity contribution in [3.8, 4) is 0 Å². The van der Waals surface area contributed by atoms with Crippen molar-refractivity contribution in [1.29, 1.82) is 0 Å². The third kappa shape index (κ3) is 5.25. The number of carbonyl (C=O) groups is 2. The van der Waals surface area contributed by atoms with Crippen molar-refractivity contribution in [2.75, 3.05) is 13.6 Å². The van der Waals surface area contributed by atoms with Crippen molar-refractivity contribution >= 4 is 11.8 Å². The predicted molar refractivity (Wildman–Crippen MR) is 81.6 cm³/mol. The zero-order valence-electron chi connectivity index (χ0n) is 13.6. The lowest BCUT2D eigenvalue weighted by Gasteiger charge is -2.23. The standard InChI is InChI=1S/C16H26N2O3/c1-12(13-8-7-11-21-13)18(5)14(19)9-6-10-17-15(20)16(2,3)4/h7-8,11-12H,6,9-10H2,1-5H3,(H,17,20). The summed E-state index contributed by atoms with van der Waals surface area (Å²) in [6, 6.07) is 3.58. The molecule has 0 aliphatic carbocycles. The van der Waals surface area contributed by atoms with Crippen LogP contribution in [0.5, 0.6) is 0 Å². The topological polar surface area (TPSA) is 62.6 Å². The summed E-state index contributed by atoms with van der Waals surface area (Å²) >= 11 is 0. The Morgan fingerprint density at radius 1 is 1.38 bits per heavy atom. The highest BCUT2D eigenvalue weighted by molar-refractivity contribution is 5.81. The second kappa shape index (κ2) is 7.29. The summed E-state index contributed by atoms with van der Waals surface area (Å²) in [7, 11) is 1.77. The highest BCUT2D eigenvalue weighted by Crippen LogP contribution is 2.19. The molecule has 1 heterocycles. The van der Waals surface area contributed by atoms with Crippen molar-refractivity contribution in [3.63, 3.8) is 0 Å². The summed E-state index contributed by atoms with van der Waals surface area (Å²) in [5.41, 5.74) is -0.394. The molecule has 1 atom stereocenters. The van der Waals surface area contributed by atoms with E-state index >= 15 is 0 Å². The molecule has 0 bridgehead atoms. The first kappa shape index (κ1) is 17.3. The zero-order chi connectivity index (χ0) is 16.0. The van der Waals surface area contributed by atoms with Crippen LogP contribution in [0.25, 0.3) is 0 Å². The minimum atomic E-state index is -0.394. The van der Waals surface area contributed by atoms with Gasteiger partial charge in [-0.3, -0.25) is 9.59 Å². The lowest BCUT2D eigenvalue weighted by molar-refractivity contribution is -0.133. The normalized spacial score (nSPS) is 12.8. The van der Waals surface area contributed by atoms with Crippen LogP contribution >= 0.6 is 0 Å². The van der Waals surface area contributed by atoms with Crippen molar-refractivity contribution in [2.45, 2.75) is 46.6 Å². The molecule has 1 N–H and O–H groups in total. The van der Waals surface area contributed by atoms with Crippen LogP contribution in [0.4, 0.5) is 0 Å². The summed E-state index contributed by atoms with van der Waals surface area (Å²) in [5.74, 6) is 0.822. The number of rotatable bonds is 6. The van der Waals surface area contributed by atoms with E-state index in [1.165, 1.54) is 0 Å². The molecule has 1 aromatic rings. The van der Waals surface area contributed by atoms with Crippen LogP contribution in [-0.4, -0.2) is 30.3 Å². The summed E-state index contributed by atoms with van der Waals surface area (Å²) in [4.78, 5) is 25.5. The molecule has 21 heavy (non-hydrogen) atoms. The largest absolute Gasteiger partial charge is 0.467 e. The molecule has 0 aliphatic heterocycles. The van der Waals surface area contributed by atoms with Crippen LogP contribution in [0.3, 0.4) is 0 Å². The summed E-state index contributed by atoms with van der Waals surface area (Å²) < 4.78 is 5.31. The van der Waals surface area contributed by atoms with Gasteiger partial charge in [-0.15, -0.1) is 0 Å². The molecule has 0 radical (unpaired) electrons. The van der Waals surface area contributed by atoms with Crippen molar-refractivity contribution in [3.05, 3.63) is 24.2 Å². The van der Waals surface area contributed by atoms with Gasteiger partial charge < -0.3 is 14.6 Å². The van der Waals surface area contributed by atoms with Crippen LogP contribution in [0.15, 0.2) is 22.8 Å². The van der Waals surface area contributed by atoms with Crippen molar-refractivity contribution in [2.24, 2.45) is 5.41 Å². The molecule has 0 spiro atoms. The van der Waals surface area contributed by atoms with E-state index in [-0.39, 0.29) is 17.9 Å². The third-order valence-corrected chi connectivity index (χ3v) is 3.46. The predicted octanol–water partition coefficient (Wildman–Crippen LogP) is 2.74. The zero-order valence-corrected chi connectivity index (χ0v) is 13.6. The smallest absolute Gasteiger partial charge is 0.225 e. The third-order valence-electron chi connectivity index (χ3n) is 3.46. The minimum absolute atomic E-state index is 0.00672. The minimum Gasteiger partial charge on any atom is -0.467 e. The Morgan fingerprint density at radius 2 is 2.05 bits per heavy atom. The van der Waals surface area contributed by atoms with Gasteiger partial charge >= 0.3 is 0 Å². The number of carbonyl (C=O) groups excluding carboxylic acids is 2. The fourth-order valence-electron chi connectivity index (χ4n) is 1.82.